The molecule has 0 saturated heterocycles. The van der Waals surface area contributed by atoms with E-state index in [-0.39, 0.29) is 0 Å². The van der Waals surface area contributed by atoms with Crippen LogP contribution in [0.1, 0.15) is 12.7 Å². The van der Waals surface area contributed by atoms with Gasteiger partial charge in [0.2, 0.25) is 0 Å². The molecule has 1 aromatic carbocycles. The molecule has 1 aromatic heterocycles. The Labute approximate surface area is 81.4 Å². The summed E-state index contributed by atoms with van der Waals surface area (Å²) in [5.74, 6) is 0.934. The molecule has 2 rings (SSSR count). The van der Waals surface area contributed by atoms with E-state index < -0.39 is 0 Å². The first-order chi connectivity index (χ1) is 6.40. The lowest BCUT2D eigenvalue weighted by atomic mass is 10.2. The first-order valence-electron chi connectivity index (χ1n) is 4.28. The van der Waals surface area contributed by atoms with Gasteiger partial charge >= 0.3 is 0 Å². The van der Waals surface area contributed by atoms with Gasteiger partial charge in [-0.15, -0.1) is 0 Å². The highest BCUT2D eigenvalue weighted by molar-refractivity contribution is 7.09. The van der Waals surface area contributed by atoms with Crippen molar-refractivity contribution >= 4 is 11.5 Å². The van der Waals surface area contributed by atoms with Crippen molar-refractivity contribution in [2.45, 2.75) is 13.3 Å². The summed E-state index contributed by atoms with van der Waals surface area (Å²) in [4.78, 5) is 4.41. The minimum atomic E-state index is 0.906. The molecule has 3 heteroatoms. The first kappa shape index (κ1) is 8.38. The van der Waals surface area contributed by atoms with Crippen molar-refractivity contribution in [1.82, 2.24) is 9.36 Å². The molecule has 0 radical (unpaired) electrons. The van der Waals surface area contributed by atoms with Gasteiger partial charge in [0.15, 0.2) is 0 Å². The largest absolute Gasteiger partial charge is 0.219 e. The zero-order chi connectivity index (χ0) is 9.10. The van der Waals surface area contributed by atoms with Gasteiger partial charge in [-0.3, -0.25) is 0 Å². The van der Waals surface area contributed by atoms with Gasteiger partial charge in [-0.2, -0.15) is 4.37 Å². The number of aromatic nitrogens is 2. The molecule has 0 aliphatic rings. The van der Waals surface area contributed by atoms with Crippen molar-refractivity contribution in [3.05, 3.63) is 36.2 Å². The number of hydrogen-bond acceptors (Lipinski definition) is 3. The van der Waals surface area contributed by atoms with Crippen LogP contribution in [0.25, 0.3) is 10.6 Å². The van der Waals surface area contributed by atoms with Crippen LogP contribution in [0.5, 0.6) is 0 Å². The zero-order valence-corrected chi connectivity index (χ0v) is 8.21. The summed E-state index contributed by atoms with van der Waals surface area (Å²) in [7, 11) is 0. The molecule has 2 aromatic rings. The molecule has 0 aliphatic carbocycles. The van der Waals surface area contributed by atoms with E-state index in [1.807, 2.05) is 18.2 Å². The molecule has 13 heavy (non-hydrogen) atoms. The van der Waals surface area contributed by atoms with Crippen molar-refractivity contribution in [2.24, 2.45) is 0 Å². The highest BCUT2D eigenvalue weighted by Gasteiger charge is 2.03. The standard InChI is InChI=1S/C10H10N2S/c1-2-9-11-10(13-12-9)8-6-4-3-5-7-8/h3-7H,2H2,1H3. The van der Waals surface area contributed by atoms with Crippen molar-refractivity contribution in [3.8, 4) is 10.6 Å². The second-order valence-corrected chi connectivity index (χ2v) is 3.49. The minimum Gasteiger partial charge on any atom is -0.219 e. The first-order valence-corrected chi connectivity index (χ1v) is 5.05. The Morgan fingerprint density at radius 2 is 2.00 bits per heavy atom. The van der Waals surface area contributed by atoms with Gasteiger partial charge in [-0.1, -0.05) is 37.3 Å². The van der Waals surface area contributed by atoms with Crippen LogP contribution >= 0.6 is 11.5 Å². The molecular formula is C10H10N2S. The van der Waals surface area contributed by atoms with Gasteiger partial charge < -0.3 is 0 Å². The molecule has 0 N–H and O–H groups in total. The molecule has 0 fully saturated rings. The Morgan fingerprint density at radius 1 is 1.23 bits per heavy atom. The maximum Gasteiger partial charge on any atom is 0.144 e. The van der Waals surface area contributed by atoms with Crippen molar-refractivity contribution < 1.29 is 0 Å². The summed E-state index contributed by atoms with van der Waals surface area (Å²) in [6.45, 7) is 2.07. The van der Waals surface area contributed by atoms with Gasteiger partial charge in [-0.25, -0.2) is 4.98 Å². The van der Waals surface area contributed by atoms with Crippen LogP contribution in [0.4, 0.5) is 0 Å². The second-order valence-electron chi connectivity index (χ2n) is 2.74. The van der Waals surface area contributed by atoms with Crippen LogP contribution in [0, 0.1) is 0 Å². The number of hydrogen-bond donors (Lipinski definition) is 0. The third kappa shape index (κ3) is 1.75. The van der Waals surface area contributed by atoms with Crippen LogP contribution in [-0.2, 0) is 6.42 Å². The Bertz CT molecular complexity index is 381. The Kier molecular flexibility index (Phi) is 2.36. The molecule has 0 unspecified atom stereocenters. The molecule has 0 amide bonds. The Balaban J connectivity index is 2.36. The molecule has 1 heterocycles. The van der Waals surface area contributed by atoms with Crippen LogP contribution in [0.3, 0.4) is 0 Å². The van der Waals surface area contributed by atoms with E-state index in [9.17, 15) is 0 Å². The predicted molar refractivity (Wildman–Crippen MR) is 54.7 cm³/mol. The molecular weight excluding hydrogens is 180 g/mol. The number of rotatable bonds is 2. The lowest BCUT2D eigenvalue weighted by Crippen LogP contribution is -1.81. The average molecular weight is 190 g/mol. The zero-order valence-electron chi connectivity index (χ0n) is 7.40. The summed E-state index contributed by atoms with van der Waals surface area (Å²) >= 11 is 1.47. The Hall–Kier alpha value is -1.22. The predicted octanol–water partition coefficient (Wildman–Crippen LogP) is 2.77. The van der Waals surface area contributed by atoms with E-state index in [2.05, 4.69) is 28.4 Å². The summed E-state index contributed by atoms with van der Waals surface area (Å²) < 4.78 is 4.24. The smallest absolute Gasteiger partial charge is 0.144 e. The molecule has 0 bridgehead atoms. The summed E-state index contributed by atoms with van der Waals surface area (Å²) in [6, 6.07) is 10.1. The topological polar surface area (TPSA) is 25.8 Å². The summed E-state index contributed by atoms with van der Waals surface area (Å²) in [5.41, 5.74) is 1.15. The highest BCUT2D eigenvalue weighted by atomic mass is 32.1. The summed E-state index contributed by atoms with van der Waals surface area (Å²) in [5, 5.41) is 1.01. The van der Waals surface area contributed by atoms with E-state index in [0.717, 1.165) is 22.8 Å². The molecule has 0 atom stereocenters. The van der Waals surface area contributed by atoms with Gasteiger partial charge in [0.05, 0.1) is 0 Å². The highest BCUT2D eigenvalue weighted by Crippen LogP contribution is 2.20. The lowest BCUT2D eigenvalue weighted by Gasteiger charge is -1.91. The van der Waals surface area contributed by atoms with Crippen molar-refractivity contribution in [1.29, 1.82) is 0 Å². The SMILES string of the molecule is CCc1nsc(-c2ccccc2)n1. The van der Waals surface area contributed by atoms with Gasteiger partial charge in [-0.05, 0) is 11.5 Å². The fourth-order valence-electron chi connectivity index (χ4n) is 1.10. The van der Waals surface area contributed by atoms with E-state index in [4.69, 9.17) is 0 Å². The van der Waals surface area contributed by atoms with E-state index in [1.54, 1.807) is 0 Å². The minimum absolute atomic E-state index is 0.906. The van der Waals surface area contributed by atoms with Crippen LogP contribution in [0.15, 0.2) is 30.3 Å². The fourth-order valence-corrected chi connectivity index (χ4v) is 1.85. The molecule has 0 saturated carbocycles. The quantitative estimate of drug-likeness (QED) is 0.727. The third-order valence-corrected chi connectivity index (χ3v) is 2.61. The van der Waals surface area contributed by atoms with Gasteiger partial charge in [0.25, 0.3) is 0 Å². The van der Waals surface area contributed by atoms with Crippen molar-refractivity contribution in [2.75, 3.05) is 0 Å². The number of nitrogens with zero attached hydrogens (tertiary/aromatic N) is 2. The average Bonchev–Trinajstić information content (AvgIpc) is 2.67. The van der Waals surface area contributed by atoms with Crippen LogP contribution < -0.4 is 0 Å². The van der Waals surface area contributed by atoms with Crippen molar-refractivity contribution in [3.63, 3.8) is 0 Å². The number of aryl methyl sites for hydroxylation is 1. The van der Waals surface area contributed by atoms with E-state index >= 15 is 0 Å². The lowest BCUT2D eigenvalue weighted by molar-refractivity contribution is 1.00. The summed E-state index contributed by atoms with van der Waals surface area (Å²) in [6.07, 6.45) is 0.906. The van der Waals surface area contributed by atoms with Crippen LogP contribution in [0.2, 0.25) is 0 Å². The molecule has 0 spiro atoms. The number of benzene rings is 1. The van der Waals surface area contributed by atoms with E-state index in [1.165, 1.54) is 11.5 Å². The molecule has 66 valence electrons. The Morgan fingerprint density at radius 3 is 2.62 bits per heavy atom. The monoisotopic (exact) mass is 190 g/mol. The molecule has 0 aliphatic heterocycles. The normalized spacial score (nSPS) is 10.2. The van der Waals surface area contributed by atoms with Crippen LogP contribution in [-0.4, -0.2) is 9.36 Å². The van der Waals surface area contributed by atoms with Gasteiger partial charge in [0, 0.05) is 12.0 Å². The third-order valence-electron chi connectivity index (χ3n) is 1.81. The van der Waals surface area contributed by atoms with E-state index in [0.29, 0.717) is 0 Å². The maximum absolute atomic E-state index is 4.41. The second kappa shape index (κ2) is 3.66. The van der Waals surface area contributed by atoms with Gasteiger partial charge in [0.1, 0.15) is 10.8 Å². The maximum atomic E-state index is 4.41. The fraction of sp³-hybridized carbons (Fsp3) is 0.200. The molecule has 2 nitrogen and oxygen atoms in total.